The number of hydrogen-bond donors (Lipinski definition) is 2. The minimum absolute atomic E-state index is 0.305. The SMILES string of the molecule is NNC(Cc1cccs1)C1(N2CCCCC2)CCCC1. The molecule has 1 aliphatic heterocycles. The van der Waals surface area contributed by atoms with Crippen LogP contribution in [0.4, 0.5) is 0 Å². The summed E-state index contributed by atoms with van der Waals surface area (Å²) in [6.07, 6.45) is 10.5. The third-order valence-corrected chi connectivity index (χ3v) is 6.19. The number of likely N-dealkylation sites (tertiary alicyclic amines) is 1. The second-order valence-corrected chi connectivity index (χ2v) is 7.39. The lowest BCUT2D eigenvalue weighted by atomic mass is 9.82. The summed E-state index contributed by atoms with van der Waals surface area (Å²) >= 11 is 1.86. The van der Waals surface area contributed by atoms with Crippen LogP contribution in [0.1, 0.15) is 49.8 Å². The summed E-state index contributed by atoms with van der Waals surface area (Å²) < 4.78 is 0. The van der Waals surface area contributed by atoms with Crippen molar-refractivity contribution < 1.29 is 0 Å². The van der Waals surface area contributed by atoms with Crippen molar-refractivity contribution in [2.24, 2.45) is 5.84 Å². The lowest BCUT2D eigenvalue weighted by Gasteiger charge is -2.48. The molecule has 0 spiro atoms. The highest BCUT2D eigenvalue weighted by Crippen LogP contribution is 2.40. The van der Waals surface area contributed by atoms with Crippen LogP contribution in [0.25, 0.3) is 0 Å². The molecule has 2 aliphatic rings. The molecule has 112 valence electrons. The van der Waals surface area contributed by atoms with Crippen molar-refractivity contribution in [3.8, 4) is 0 Å². The average Bonchev–Trinajstić information content (AvgIpc) is 3.18. The third-order valence-electron chi connectivity index (χ3n) is 5.29. The van der Waals surface area contributed by atoms with Gasteiger partial charge in [0.05, 0.1) is 0 Å². The Kier molecular flexibility index (Phi) is 4.76. The molecular weight excluding hydrogens is 266 g/mol. The van der Waals surface area contributed by atoms with Crippen LogP contribution < -0.4 is 11.3 Å². The molecule has 1 atom stereocenters. The lowest BCUT2D eigenvalue weighted by molar-refractivity contribution is 0.0368. The van der Waals surface area contributed by atoms with E-state index < -0.39 is 0 Å². The van der Waals surface area contributed by atoms with Crippen LogP contribution in [0.15, 0.2) is 17.5 Å². The Morgan fingerprint density at radius 1 is 1.20 bits per heavy atom. The molecule has 1 aliphatic carbocycles. The molecule has 2 fully saturated rings. The molecule has 1 aromatic rings. The van der Waals surface area contributed by atoms with E-state index in [-0.39, 0.29) is 0 Å². The highest BCUT2D eigenvalue weighted by atomic mass is 32.1. The van der Waals surface area contributed by atoms with E-state index in [2.05, 4.69) is 27.8 Å². The van der Waals surface area contributed by atoms with Crippen LogP contribution in [0, 0.1) is 0 Å². The summed E-state index contributed by atoms with van der Waals surface area (Å²) in [5, 5.41) is 2.17. The van der Waals surface area contributed by atoms with Gasteiger partial charge in [-0.3, -0.25) is 16.2 Å². The van der Waals surface area contributed by atoms with Crippen LogP contribution in [-0.4, -0.2) is 29.6 Å². The Labute approximate surface area is 126 Å². The second kappa shape index (κ2) is 6.56. The number of rotatable bonds is 5. The molecule has 3 N–H and O–H groups in total. The molecule has 0 radical (unpaired) electrons. The highest BCUT2D eigenvalue weighted by Gasteiger charge is 2.45. The first kappa shape index (κ1) is 14.5. The van der Waals surface area contributed by atoms with Gasteiger partial charge in [-0.05, 0) is 50.2 Å². The van der Waals surface area contributed by atoms with Crippen molar-refractivity contribution in [2.45, 2.75) is 62.9 Å². The number of nitrogens with zero attached hydrogens (tertiary/aromatic N) is 1. The van der Waals surface area contributed by atoms with Crippen LogP contribution >= 0.6 is 11.3 Å². The lowest BCUT2D eigenvalue weighted by Crippen LogP contribution is -2.63. The van der Waals surface area contributed by atoms with Crippen molar-refractivity contribution in [3.05, 3.63) is 22.4 Å². The maximum Gasteiger partial charge on any atom is 0.0442 e. The molecule has 1 saturated heterocycles. The maximum absolute atomic E-state index is 5.99. The van der Waals surface area contributed by atoms with Gasteiger partial charge in [-0.2, -0.15) is 0 Å². The largest absolute Gasteiger partial charge is 0.296 e. The van der Waals surface area contributed by atoms with Gasteiger partial charge in [0.25, 0.3) is 0 Å². The normalized spacial score (nSPS) is 24.9. The zero-order valence-corrected chi connectivity index (χ0v) is 13.1. The maximum atomic E-state index is 5.99. The quantitative estimate of drug-likeness (QED) is 0.648. The average molecular weight is 293 g/mol. The second-order valence-electron chi connectivity index (χ2n) is 6.36. The highest BCUT2D eigenvalue weighted by molar-refractivity contribution is 7.09. The molecule has 20 heavy (non-hydrogen) atoms. The Morgan fingerprint density at radius 3 is 2.55 bits per heavy atom. The number of piperidine rings is 1. The Balaban J connectivity index is 1.79. The first-order chi connectivity index (χ1) is 9.85. The standard InChI is InChI=1S/C16H27N3S/c17-18-15(13-14-7-6-12-20-14)16(8-2-3-9-16)19-10-4-1-5-11-19/h6-7,12,15,18H,1-5,8-11,13,17H2. The molecule has 0 amide bonds. The number of nitrogens with two attached hydrogens (primary N) is 1. The first-order valence-electron chi connectivity index (χ1n) is 8.09. The summed E-state index contributed by atoms with van der Waals surface area (Å²) in [7, 11) is 0. The van der Waals surface area contributed by atoms with E-state index in [9.17, 15) is 0 Å². The van der Waals surface area contributed by atoms with Gasteiger partial charge in [0, 0.05) is 22.9 Å². The van der Waals surface area contributed by atoms with Crippen molar-refractivity contribution in [3.63, 3.8) is 0 Å². The molecule has 1 unspecified atom stereocenters. The van der Waals surface area contributed by atoms with E-state index in [0.29, 0.717) is 11.6 Å². The van der Waals surface area contributed by atoms with Gasteiger partial charge in [0.15, 0.2) is 0 Å². The summed E-state index contributed by atoms with van der Waals surface area (Å²) in [6.45, 7) is 2.53. The molecule has 1 aromatic heterocycles. The fourth-order valence-corrected chi connectivity index (χ4v) is 5.00. The fourth-order valence-electron chi connectivity index (χ4n) is 4.25. The van der Waals surface area contributed by atoms with Crippen molar-refractivity contribution >= 4 is 11.3 Å². The number of thiophene rings is 1. The predicted octanol–water partition coefficient (Wildman–Crippen LogP) is 2.92. The fraction of sp³-hybridized carbons (Fsp3) is 0.750. The minimum atomic E-state index is 0.305. The molecule has 1 saturated carbocycles. The monoisotopic (exact) mass is 293 g/mol. The van der Waals surface area contributed by atoms with Crippen LogP contribution in [-0.2, 0) is 6.42 Å². The van der Waals surface area contributed by atoms with Crippen molar-refractivity contribution in [2.75, 3.05) is 13.1 Å². The minimum Gasteiger partial charge on any atom is -0.296 e. The number of hydrogen-bond acceptors (Lipinski definition) is 4. The molecule has 3 nitrogen and oxygen atoms in total. The number of hydrazine groups is 1. The molecule has 3 rings (SSSR count). The van der Waals surface area contributed by atoms with E-state index in [1.807, 2.05) is 11.3 Å². The first-order valence-corrected chi connectivity index (χ1v) is 8.97. The Hall–Kier alpha value is -0.420. The molecule has 2 heterocycles. The number of nitrogens with one attached hydrogen (secondary N) is 1. The van der Waals surface area contributed by atoms with Gasteiger partial charge in [0.1, 0.15) is 0 Å². The van der Waals surface area contributed by atoms with Gasteiger partial charge in [0.2, 0.25) is 0 Å². The van der Waals surface area contributed by atoms with Gasteiger partial charge in [-0.1, -0.05) is 25.3 Å². The molecule has 0 aromatic carbocycles. The van der Waals surface area contributed by atoms with E-state index in [0.717, 1.165) is 6.42 Å². The Morgan fingerprint density at radius 2 is 1.95 bits per heavy atom. The van der Waals surface area contributed by atoms with Gasteiger partial charge in [-0.25, -0.2) is 0 Å². The zero-order chi connectivity index (χ0) is 13.8. The summed E-state index contributed by atoms with van der Waals surface area (Å²) in [4.78, 5) is 4.22. The van der Waals surface area contributed by atoms with Crippen molar-refractivity contribution in [1.29, 1.82) is 0 Å². The van der Waals surface area contributed by atoms with Gasteiger partial charge >= 0.3 is 0 Å². The van der Waals surface area contributed by atoms with E-state index in [4.69, 9.17) is 5.84 Å². The molecule has 0 bridgehead atoms. The van der Waals surface area contributed by atoms with Crippen LogP contribution in [0.2, 0.25) is 0 Å². The van der Waals surface area contributed by atoms with E-state index in [1.54, 1.807) is 0 Å². The third kappa shape index (κ3) is 2.80. The Bertz CT molecular complexity index is 392. The van der Waals surface area contributed by atoms with Crippen LogP contribution in [0.5, 0.6) is 0 Å². The molecular formula is C16H27N3S. The summed E-state index contributed by atoms with van der Waals surface area (Å²) in [6, 6.07) is 4.78. The van der Waals surface area contributed by atoms with E-state index >= 15 is 0 Å². The van der Waals surface area contributed by atoms with Gasteiger partial charge < -0.3 is 0 Å². The summed E-state index contributed by atoms with van der Waals surface area (Å²) in [5.41, 5.74) is 3.49. The van der Waals surface area contributed by atoms with Crippen LogP contribution in [0.3, 0.4) is 0 Å². The zero-order valence-electron chi connectivity index (χ0n) is 12.3. The van der Waals surface area contributed by atoms with Gasteiger partial charge in [-0.15, -0.1) is 11.3 Å². The predicted molar refractivity (Wildman–Crippen MR) is 85.8 cm³/mol. The topological polar surface area (TPSA) is 41.3 Å². The molecule has 4 heteroatoms. The van der Waals surface area contributed by atoms with E-state index in [1.165, 1.54) is 62.9 Å². The van der Waals surface area contributed by atoms with Crippen molar-refractivity contribution in [1.82, 2.24) is 10.3 Å². The smallest absolute Gasteiger partial charge is 0.0442 e. The summed E-state index contributed by atoms with van der Waals surface area (Å²) in [5.74, 6) is 5.99.